The van der Waals surface area contributed by atoms with Gasteiger partial charge in [-0.1, -0.05) is 42.5 Å². The van der Waals surface area contributed by atoms with Crippen molar-refractivity contribution >= 4 is 17.6 Å². The highest BCUT2D eigenvalue weighted by Crippen LogP contribution is 2.27. The van der Waals surface area contributed by atoms with Gasteiger partial charge in [-0.25, -0.2) is 9.69 Å². The summed E-state index contributed by atoms with van der Waals surface area (Å²) in [6, 6.07) is 24.9. The molecule has 3 amide bonds. The van der Waals surface area contributed by atoms with Crippen molar-refractivity contribution in [3.63, 3.8) is 0 Å². The Kier molecular flexibility index (Phi) is 6.58. The normalized spacial score (nSPS) is 16.5. The lowest BCUT2D eigenvalue weighted by atomic mass is 10.1. The summed E-state index contributed by atoms with van der Waals surface area (Å²) in [6.07, 6.45) is 3.31. The second-order valence-electron chi connectivity index (χ2n) is 8.89. The summed E-state index contributed by atoms with van der Waals surface area (Å²) < 4.78 is 5.80. The molecule has 6 heteroatoms. The van der Waals surface area contributed by atoms with Crippen molar-refractivity contribution < 1.29 is 14.3 Å². The van der Waals surface area contributed by atoms with E-state index in [0.717, 1.165) is 18.7 Å². The van der Waals surface area contributed by atoms with Gasteiger partial charge in [0.2, 0.25) is 0 Å². The molecular weight excluding hydrogens is 426 g/mol. The number of imide groups is 1. The van der Waals surface area contributed by atoms with Gasteiger partial charge in [-0.2, -0.15) is 0 Å². The number of nitrogens with zero attached hydrogens (tertiary/aromatic N) is 3. The minimum atomic E-state index is -0.271. The van der Waals surface area contributed by atoms with Crippen LogP contribution in [-0.2, 0) is 17.8 Å². The molecule has 0 atom stereocenters. The van der Waals surface area contributed by atoms with Crippen molar-refractivity contribution in [2.24, 2.45) is 0 Å². The average Bonchev–Trinajstić information content (AvgIpc) is 3.47. The number of carbonyl (C=O) groups is 2. The summed E-state index contributed by atoms with van der Waals surface area (Å²) in [6.45, 7) is 4.00. The SMILES string of the molecule is O=C1CN(CCc2ccc(CN3CCCC3)cc2)C(=O)N1c1ccc(Oc2ccccc2)cc1. The Balaban J connectivity index is 1.16. The van der Waals surface area contributed by atoms with E-state index >= 15 is 0 Å². The van der Waals surface area contributed by atoms with Crippen LogP contribution in [-0.4, -0.2) is 47.9 Å². The van der Waals surface area contributed by atoms with Crippen LogP contribution in [0.4, 0.5) is 10.5 Å². The van der Waals surface area contributed by atoms with Crippen LogP contribution in [0.2, 0.25) is 0 Å². The molecule has 5 rings (SSSR count). The second kappa shape index (κ2) is 10.1. The molecular formula is C28H29N3O3. The first-order valence-electron chi connectivity index (χ1n) is 11.9. The maximum absolute atomic E-state index is 13.0. The van der Waals surface area contributed by atoms with Gasteiger partial charge in [0, 0.05) is 13.1 Å². The predicted molar refractivity (Wildman–Crippen MR) is 132 cm³/mol. The number of para-hydroxylation sites is 1. The van der Waals surface area contributed by atoms with E-state index in [1.165, 1.54) is 42.0 Å². The van der Waals surface area contributed by atoms with Crippen LogP contribution in [0, 0.1) is 0 Å². The highest BCUT2D eigenvalue weighted by atomic mass is 16.5. The Bertz CT molecular complexity index is 1120. The fourth-order valence-electron chi connectivity index (χ4n) is 4.54. The van der Waals surface area contributed by atoms with Crippen LogP contribution < -0.4 is 9.64 Å². The maximum atomic E-state index is 13.0. The zero-order valence-electron chi connectivity index (χ0n) is 19.2. The molecule has 2 fully saturated rings. The first-order valence-corrected chi connectivity index (χ1v) is 11.9. The van der Waals surface area contributed by atoms with E-state index in [1.807, 2.05) is 30.3 Å². The lowest BCUT2D eigenvalue weighted by molar-refractivity contribution is -0.116. The van der Waals surface area contributed by atoms with E-state index < -0.39 is 0 Å². The van der Waals surface area contributed by atoms with E-state index in [4.69, 9.17) is 4.74 Å². The smallest absolute Gasteiger partial charge is 0.331 e. The number of rotatable bonds is 8. The van der Waals surface area contributed by atoms with Crippen LogP contribution in [0.25, 0.3) is 0 Å². The van der Waals surface area contributed by atoms with Gasteiger partial charge in [0.1, 0.15) is 18.0 Å². The van der Waals surface area contributed by atoms with E-state index in [0.29, 0.717) is 18.0 Å². The van der Waals surface area contributed by atoms with Gasteiger partial charge < -0.3 is 9.64 Å². The Morgan fingerprint density at radius 3 is 2.09 bits per heavy atom. The Morgan fingerprint density at radius 1 is 0.735 bits per heavy atom. The molecule has 2 aliphatic rings. The number of ether oxygens (including phenoxy) is 1. The van der Waals surface area contributed by atoms with Crippen LogP contribution in [0.1, 0.15) is 24.0 Å². The quantitative estimate of drug-likeness (QED) is 0.444. The molecule has 2 aliphatic heterocycles. The Hall–Kier alpha value is -3.64. The van der Waals surface area contributed by atoms with E-state index in [2.05, 4.69) is 29.2 Å². The molecule has 2 saturated heterocycles. The number of hydrogen-bond donors (Lipinski definition) is 0. The highest BCUT2D eigenvalue weighted by molar-refractivity contribution is 6.19. The standard InChI is InChI=1S/C28H29N3O3/c32-27-21-30(19-16-22-8-10-23(11-9-22)20-29-17-4-5-18-29)28(33)31(27)24-12-14-26(15-13-24)34-25-6-2-1-3-7-25/h1-3,6-15H,4-5,16-21H2. The molecule has 3 aromatic carbocycles. The fourth-order valence-corrected chi connectivity index (χ4v) is 4.54. The van der Waals surface area contributed by atoms with Crippen molar-refractivity contribution in [1.29, 1.82) is 0 Å². The van der Waals surface area contributed by atoms with Gasteiger partial charge in [-0.3, -0.25) is 9.69 Å². The average molecular weight is 456 g/mol. The molecule has 0 saturated carbocycles. The van der Waals surface area contributed by atoms with Gasteiger partial charge in [0.15, 0.2) is 0 Å². The predicted octanol–water partition coefficient (Wildman–Crippen LogP) is 5.09. The first kappa shape index (κ1) is 22.2. The lowest BCUT2D eigenvalue weighted by Crippen LogP contribution is -2.34. The first-order chi connectivity index (χ1) is 16.7. The topological polar surface area (TPSA) is 53.1 Å². The summed E-state index contributed by atoms with van der Waals surface area (Å²) in [5.41, 5.74) is 3.06. The third-order valence-electron chi connectivity index (χ3n) is 6.41. The van der Waals surface area contributed by atoms with Crippen molar-refractivity contribution in [1.82, 2.24) is 9.80 Å². The number of likely N-dealkylation sites (tertiary alicyclic amines) is 1. The zero-order valence-corrected chi connectivity index (χ0v) is 19.2. The van der Waals surface area contributed by atoms with Crippen molar-refractivity contribution in [2.45, 2.75) is 25.8 Å². The van der Waals surface area contributed by atoms with Gasteiger partial charge in [0.25, 0.3) is 5.91 Å². The van der Waals surface area contributed by atoms with E-state index in [-0.39, 0.29) is 18.5 Å². The van der Waals surface area contributed by atoms with Gasteiger partial charge in [-0.05, 0) is 79.9 Å². The lowest BCUT2D eigenvalue weighted by Gasteiger charge is -2.18. The molecule has 0 unspecified atom stereocenters. The number of urea groups is 1. The van der Waals surface area contributed by atoms with Gasteiger partial charge in [-0.15, -0.1) is 0 Å². The summed E-state index contributed by atoms with van der Waals surface area (Å²) in [5.74, 6) is 1.18. The Labute approximate surface area is 200 Å². The molecule has 34 heavy (non-hydrogen) atoms. The van der Waals surface area contributed by atoms with Gasteiger partial charge in [0.05, 0.1) is 5.69 Å². The number of carbonyl (C=O) groups excluding carboxylic acids is 2. The molecule has 0 N–H and O–H groups in total. The molecule has 2 heterocycles. The minimum absolute atomic E-state index is 0.105. The monoisotopic (exact) mass is 455 g/mol. The largest absolute Gasteiger partial charge is 0.457 e. The fraction of sp³-hybridized carbons (Fsp3) is 0.286. The van der Waals surface area contributed by atoms with Gasteiger partial charge >= 0.3 is 6.03 Å². The molecule has 6 nitrogen and oxygen atoms in total. The maximum Gasteiger partial charge on any atom is 0.331 e. The van der Waals surface area contributed by atoms with Crippen molar-refractivity contribution in [3.8, 4) is 11.5 Å². The molecule has 0 spiro atoms. The summed E-state index contributed by atoms with van der Waals surface area (Å²) in [7, 11) is 0. The van der Waals surface area contributed by atoms with E-state index in [9.17, 15) is 9.59 Å². The van der Waals surface area contributed by atoms with Crippen LogP contribution in [0.5, 0.6) is 11.5 Å². The molecule has 174 valence electrons. The number of hydrogen-bond acceptors (Lipinski definition) is 4. The summed E-state index contributed by atoms with van der Waals surface area (Å²) in [4.78, 5) is 30.9. The Morgan fingerprint density at radius 2 is 1.38 bits per heavy atom. The molecule has 0 aliphatic carbocycles. The van der Waals surface area contributed by atoms with E-state index in [1.54, 1.807) is 29.2 Å². The zero-order chi connectivity index (χ0) is 23.3. The number of benzene rings is 3. The molecule has 0 bridgehead atoms. The van der Waals surface area contributed by atoms with Crippen LogP contribution in [0.3, 0.4) is 0 Å². The van der Waals surface area contributed by atoms with Crippen molar-refractivity contribution in [2.75, 3.05) is 31.1 Å². The highest BCUT2D eigenvalue weighted by Gasteiger charge is 2.36. The minimum Gasteiger partial charge on any atom is -0.457 e. The summed E-state index contributed by atoms with van der Waals surface area (Å²) in [5, 5.41) is 0. The molecule has 3 aromatic rings. The third-order valence-corrected chi connectivity index (χ3v) is 6.41. The summed E-state index contributed by atoms with van der Waals surface area (Å²) >= 11 is 0. The van der Waals surface area contributed by atoms with Crippen LogP contribution >= 0.6 is 0 Å². The van der Waals surface area contributed by atoms with Crippen LogP contribution in [0.15, 0.2) is 78.9 Å². The van der Waals surface area contributed by atoms with Crippen molar-refractivity contribution in [3.05, 3.63) is 90.0 Å². The molecule has 0 radical (unpaired) electrons. The molecule has 0 aromatic heterocycles. The second-order valence-corrected chi connectivity index (χ2v) is 8.89. The third kappa shape index (κ3) is 5.13. The number of anilines is 1. The number of amides is 3.